The molecule has 2 aromatic carbocycles. The number of carbonyl (C=O) groups is 1. The van der Waals surface area contributed by atoms with Crippen molar-refractivity contribution in [3.8, 4) is 0 Å². The van der Waals surface area contributed by atoms with Crippen molar-refractivity contribution in [3.63, 3.8) is 0 Å². The highest BCUT2D eigenvalue weighted by Crippen LogP contribution is 2.40. The molecule has 0 aromatic heterocycles. The number of amides is 1. The van der Waals surface area contributed by atoms with Gasteiger partial charge in [0.05, 0.1) is 11.5 Å². The van der Waals surface area contributed by atoms with E-state index >= 15 is 0 Å². The van der Waals surface area contributed by atoms with Gasteiger partial charge in [-0.15, -0.1) is 0 Å². The van der Waals surface area contributed by atoms with Crippen LogP contribution in [0.15, 0.2) is 51.4 Å². The zero-order valence-electron chi connectivity index (χ0n) is 12.3. The number of nitro groups is 1. The number of alkyl halides is 3. The van der Waals surface area contributed by atoms with Gasteiger partial charge in [-0.25, -0.2) is 0 Å². The van der Waals surface area contributed by atoms with E-state index in [0.717, 1.165) is 6.07 Å². The summed E-state index contributed by atoms with van der Waals surface area (Å²) in [6.07, 6.45) is -5.19. The zero-order chi connectivity index (χ0) is 18.8. The second-order valence-electron chi connectivity index (χ2n) is 4.89. The third kappa shape index (κ3) is 4.57. The van der Waals surface area contributed by atoms with E-state index in [-0.39, 0.29) is 8.95 Å². The van der Waals surface area contributed by atoms with Crippen LogP contribution in [0.5, 0.6) is 0 Å². The molecule has 0 spiro atoms. The lowest BCUT2D eigenvalue weighted by atomic mass is 10.1. The van der Waals surface area contributed by atoms with Gasteiger partial charge < -0.3 is 0 Å². The standard InChI is InChI=1S/C15H9Br2F3N2O3/c16-10-6-11(17)13(12(7-10)22(24)25)21(14(23)15(18,19)20)8-9-4-2-1-3-5-9/h1-7H,8H2. The van der Waals surface area contributed by atoms with Crippen LogP contribution in [0.4, 0.5) is 24.5 Å². The van der Waals surface area contributed by atoms with Gasteiger partial charge in [0.25, 0.3) is 5.69 Å². The first-order valence-corrected chi connectivity index (χ1v) is 8.26. The predicted molar refractivity (Wildman–Crippen MR) is 92.2 cm³/mol. The molecular formula is C15H9Br2F3N2O3. The number of rotatable bonds is 4. The smallest absolute Gasteiger partial charge is 0.293 e. The fourth-order valence-electron chi connectivity index (χ4n) is 2.13. The van der Waals surface area contributed by atoms with Crippen LogP contribution >= 0.6 is 31.9 Å². The average molecular weight is 482 g/mol. The van der Waals surface area contributed by atoms with Crippen LogP contribution in [0.3, 0.4) is 0 Å². The first-order valence-electron chi connectivity index (χ1n) is 6.67. The molecule has 0 heterocycles. The molecule has 0 aliphatic rings. The van der Waals surface area contributed by atoms with Crippen LogP contribution in [0.2, 0.25) is 0 Å². The van der Waals surface area contributed by atoms with E-state index < -0.39 is 34.9 Å². The summed E-state index contributed by atoms with van der Waals surface area (Å²) >= 11 is 6.07. The lowest BCUT2D eigenvalue weighted by Crippen LogP contribution is -2.41. The Bertz CT molecular complexity index is 814. The molecule has 25 heavy (non-hydrogen) atoms. The quantitative estimate of drug-likeness (QED) is 0.444. The van der Waals surface area contributed by atoms with Gasteiger partial charge >= 0.3 is 12.1 Å². The highest BCUT2D eigenvalue weighted by molar-refractivity contribution is 9.11. The molecule has 5 nitrogen and oxygen atoms in total. The Balaban J connectivity index is 2.64. The SMILES string of the molecule is O=C(N(Cc1ccccc1)c1c(Br)cc(Br)cc1[N+](=O)[O-])C(F)(F)F. The van der Waals surface area contributed by atoms with Gasteiger partial charge in [-0.3, -0.25) is 19.8 Å². The summed E-state index contributed by atoms with van der Waals surface area (Å²) in [6.45, 7) is -0.472. The lowest BCUT2D eigenvalue weighted by molar-refractivity contribution is -0.384. The van der Waals surface area contributed by atoms with Crippen molar-refractivity contribution in [3.05, 3.63) is 67.1 Å². The second kappa shape index (κ2) is 7.52. The molecule has 0 fully saturated rings. The van der Waals surface area contributed by atoms with Crippen LogP contribution in [-0.4, -0.2) is 17.0 Å². The lowest BCUT2D eigenvalue weighted by Gasteiger charge is -2.25. The number of anilines is 1. The van der Waals surface area contributed by atoms with Crippen molar-refractivity contribution in [2.45, 2.75) is 12.7 Å². The van der Waals surface area contributed by atoms with Crippen LogP contribution in [0, 0.1) is 10.1 Å². The number of hydrogen-bond donors (Lipinski definition) is 0. The Hall–Kier alpha value is -1.94. The summed E-state index contributed by atoms with van der Waals surface area (Å²) in [5.74, 6) is -2.19. The monoisotopic (exact) mass is 480 g/mol. The normalized spacial score (nSPS) is 11.2. The molecule has 2 rings (SSSR count). The van der Waals surface area contributed by atoms with Gasteiger partial charge in [0.1, 0.15) is 5.69 Å². The number of benzene rings is 2. The largest absolute Gasteiger partial charge is 0.471 e. The maximum atomic E-state index is 13.0. The van der Waals surface area contributed by atoms with Crippen LogP contribution in [0.25, 0.3) is 0 Å². The van der Waals surface area contributed by atoms with Crippen molar-refractivity contribution in [1.82, 2.24) is 0 Å². The minimum absolute atomic E-state index is 0.0119. The Labute approximate surface area is 156 Å². The molecule has 10 heteroatoms. The van der Waals surface area contributed by atoms with Gasteiger partial charge in [-0.2, -0.15) is 13.2 Å². The fourth-order valence-corrected chi connectivity index (χ4v) is 3.55. The van der Waals surface area contributed by atoms with Crippen molar-refractivity contribution in [1.29, 1.82) is 0 Å². The maximum Gasteiger partial charge on any atom is 0.471 e. The third-order valence-electron chi connectivity index (χ3n) is 3.15. The van der Waals surface area contributed by atoms with E-state index in [2.05, 4.69) is 31.9 Å². The molecule has 0 unspecified atom stereocenters. The minimum Gasteiger partial charge on any atom is -0.293 e. The van der Waals surface area contributed by atoms with Crippen molar-refractivity contribution in [2.24, 2.45) is 0 Å². The molecule has 1 amide bonds. The molecule has 0 N–H and O–H groups in total. The number of nitro benzene ring substituents is 1. The molecule has 0 saturated carbocycles. The molecule has 0 aliphatic carbocycles. The summed E-state index contributed by atoms with van der Waals surface area (Å²) in [4.78, 5) is 22.7. The van der Waals surface area contributed by atoms with Gasteiger partial charge in [0.15, 0.2) is 0 Å². The average Bonchev–Trinajstić information content (AvgIpc) is 2.52. The van der Waals surface area contributed by atoms with E-state index in [4.69, 9.17) is 0 Å². The maximum absolute atomic E-state index is 13.0. The first kappa shape index (κ1) is 19.4. The van der Waals surface area contributed by atoms with Gasteiger partial charge in [-0.05, 0) is 27.6 Å². The summed E-state index contributed by atoms with van der Waals surface area (Å²) < 4.78 is 39.4. The van der Waals surface area contributed by atoms with E-state index in [1.807, 2.05) is 0 Å². The Kier molecular flexibility index (Phi) is 5.83. The molecule has 0 aliphatic heterocycles. The number of nitrogens with zero attached hydrogens (tertiary/aromatic N) is 2. The molecule has 0 radical (unpaired) electrons. The van der Waals surface area contributed by atoms with Crippen molar-refractivity contribution < 1.29 is 22.9 Å². The number of hydrogen-bond acceptors (Lipinski definition) is 3. The van der Waals surface area contributed by atoms with Crippen molar-refractivity contribution in [2.75, 3.05) is 4.90 Å². The number of halogens is 5. The number of carbonyl (C=O) groups excluding carboxylic acids is 1. The molecule has 2 aromatic rings. The highest BCUT2D eigenvalue weighted by atomic mass is 79.9. The highest BCUT2D eigenvalue weighted by Gasteiger charge is 2.45. The van der Waals surface area contributed by atoms with Gasteiger partial charge in [0, 0.05) is 15.0 Å². The van der Waals surface area contributed by atoms with E-state index in [9.17, 15) is 28.1 Å². The van der Waals surface area contributed by atoms with E-state index in [1.54, 1.807) is 18.2 Å². The zero-order valence-corrected chi connectivity index (χ0v) is 15.4. The molecule has 0 saturated heterocycles. The molecule has 132 valence electrons. The predicted octanol–water partition coefficient (Wildman–Crippen LogP) is 5.22. The van der Waals surface area contributed by atoms with Crippen LogP contribution in [0.1, 0.15) is 5.56 Å². The Morgan fingerprint density at radius 1 is 1.16 bits per heavy atom. The van der Waals surface area contributed by atoms with Gasteiger partial charge in [0.2, 0.25) is 0 Å². The van der Waals surface area contributed by atoms with E-state index in [0.29, 0.717) is 10.5 Å². The Morgan fingerprint density at radius 2 is 1.76 bits per heavy atom. The summed E-state index contributed by atoms with van der Waals surface area (Å²) in [5.41, 5.74) is -0.696. The molecule has 0 atom stereocenters. The third-order valence-corrected chi connectivity index (χ3v) is 4.21. The van der Waals surface area contributed by atoms with Gasteiger partial charge in [-0.1, -0.05) is 46.3 Å². The first-order chi connectivity index (χ1) is 11.6. The second-order valence-corrected chi connectivity index (χ2v) is 6.66. The molecule has 0 bridgehead atoms. The summed E-state index contributed by atoms with van der Waals surface area (Å²) in [5, 5.41) is 11.3. The summed E-state index contributed by atoms with van der Waals surface area (Å²) in [7, 11) is 0. The fraction of sp³-hybridized carbons (Fsp3) is 0.133. The van der Waals surface area contributed by atoms with Crippen molar-refractivity contribution >= 4 is 49.1 Å². The topological polar surface area (TPSA) is 63.5 Å². The Morgan fingerprint density at radius 3 is 2.28 bits per heavy atom. The van der Waals surface area contributed by atoms with Crippen LogP contribution < -0.4 is 4.90 Å². The molecular weight excluding hydrogens is 473 g/mol. The summed E-state index contributed by atoms with van der Waals surface area (Å²) in [6, 6.07) is 10.3. The van der Waals surface area contributed by atoms with Crippen LogP contribution in [-0.2, 0) is 11.3 Å². The minimum atomic E-state index is -5.19. The van der Waals surface area contributed by atoms with E-state index in [1.165, 1.54) is 18.2 Å².